The average Bonchev–Trinajstić information content (AvgIpc) is 2.86. The van der Waals surface area contributed by atoms with Gasteiger partial charge in [0.1, 0.15) is 0 Å². The summed E-state index contributed by atoms with van der Waals surface area (Å²) in [6.45, 7) is 3.75. The Bertz CT molecular complexity index is 431. The lowest BCUT2D eigenvalue weighted by molar-refractivity contribution is 0.222. The molecule has 0 bridgehead atoms. The summed E-state index contributed by atoms with van der Waals surface area (Å²) in [7, 11) is 0. The standard InChI is InChI=1S/C13H17FN2O2/c1-2-18-12-6-5-10(9-11(12)14)15-13(17)16-7-3-4-8-16/h5-6,9H,2-4,7-8H2,1H3,(H,15,17). The normalized spacial score (nSPS) is 14.7. The highest BCUT2D eigenvalue weighted by molar-refractivity contribution is 5.89. The van der Waals surface area contributed by atoms with E-state index in [1.54, 1.807) is 17.9 Å². The van der Waals surface area contributed by atoms with E-state index in [1.165, 1.54) is 12.1 Å². The molecular weight excluding hydrogens is 235 g/mol. The van der Waals surface area contributed by atoms with E-state index in [0.717, 1.165) is 25.9 Å². The molecule has 0 spiro atoms. The predicted octanol–water partition coefficient (Wildman–Crippen LogP) is 2.85. The number of nitrogens with one attached hydrogen (secondary N) is 1. The molecule has 18 heavy (non-hydrogen) atoms. The highest BCUT2D eigenvalue weighted by Gasteiger charge is 2.18. The first kappa shape index (κ1) is 12.7. The third-order valence-corrected chi connectivity index (χ3v) is 2.88. The molecule has 1 aliphatic rings. The van der Waals surface area contributed by atoms with Crippen LogP contribution in [0.25, 0.3) is 0 Å². The van der Waals surface area contributed by atoms with Crippen LogP contribution >= 0.6 is 0 Å². The number of urea groups is 1. The molecule has 0 saturated carbocycles. The van der Waals surface area contributed by atoms with Gasteiger partial charge < -0.3 is 15.0 Å². The molecule has 98 valence electrons. The van der Waals surface area contributed by atoms with Crippen LogP contribution in [0.2, 0.25) is 0 Å². The number of hydrogen-bond donors (Lipinski definition) is 1. The van der Waals surface area contributed by atoms with Crippen LogP contribution in [0.3, 0.4) is 0 Å². The number of likely N-dealkylation sites (tertiary alicyclic amines) is 1. The predicted molar refractivity (Wildman–Crippen MR) is 67.4 cm³/mol. The molecule has 1 aromatic rings. The van der Waals surface area contributed by atoms with Gasteiger partial charge in [-0.3, -0.25) is 0 Å². The molecule has 1 aliphatic heterocycles. The third-order valence-electron chi connectivity index (χ3n) is 2.88. The monoisotopic (exact) mass is 252 g/mol. The molecule has 0 aliphatic carbocycles. The van der Waals surface area contributed by atoms with Crippen molar-refractivity contribution in [3.8, 4) is 5.75 Å². The van der Waals surface area contributed by atoms with E-state index in [2.05, 4.69) is 5.32 Å². The van der Waals surface area contributed by atoms with Gasteiger partial charge in [0.25, 0.3) is 0 Å². The molecule has 1 heterocycles. The molecule has 1 N–H and O–H groups in total. The van der Waals surface area contributed by atoms with Crippen LogP contribution in [-0.2, 0) is 0 Å². The maximum atomic E-state index is 13.6. The SMILES string of the molecule is CCOc1ccc(NC(=O)N2CCCC2)cc1F. The van der Waals surface area contributed by atoms with Crippen molar-refractivity contribution in [2.45, 2.75) is 19.8 Å². The summed E-state index contributed by atoms with van der Waals surface area (Å²) in [5.74, 6) is -0.257. The number of halogens is 1. The molecular formula is C13H17FN2O2. The Morgan fingerprint density at radius 2 is 2.17 bits per heavy atom. The maximum Gasteiger partial charge on any atom is 0.321 e. The van der Waals surface area contributed by atoms with Crippen molar-refractivity contribution in [2.75, 3.05) is 25.0 Å². The molecule has 1 aromatic carbocycles. The fraction of sp³-hybridized carbons (Fsp3) is 0.462. The summed E-state index contributed by atoms with van der Waals surface area (Å²) in [5, 5.41) is 2.69. The molecule has 0 aromatic heterocycles. The molecule has 2 rings (SSSR count). The van der Waals surface area contributed by atoms with Gasteiger partial charge in [-0.25, -0.2) is 9.18 Å². The van der Waals surface area contributed by atoms with Crippen molar-refractivity contribution in [3.63, 3.8) is 0 Å². The summed E-state index contributed by atoms with van der Waals surface area (Å²) in [6.07, 6.45) is 2.07. The first-order chi connectivity index (χ1) is 8.70. The summed E-state index contributed by atoms with van der Waals surface area (Å²) < 4.78 is 18.7. The lowest BCUT2D eigenvalue weighted by Crippen LogP contribution is -2.32. The van der Waals surface area contributed by atoms with E-state index >= 15 is 0 Å². The van der Waals surface area contributed by atoms with Gasteiger partial charge >= 0.3 is 6.03 Å². The summed E-state index contributed by atoms with van der Waals surface area (Å²) >= 11 is 0. The zero-order chi connectivity index (χ0) is 13.0. The highest BCUT2D eigenvalue weighted by atomic mass is 19.1. The Labute approximate surface area is 106 Å². The minimum Gasteiger partial charge on any atom is -0.491 e. The van der Waals surface area contributed by atoms with E-state index in [4.69, 9.17) is 4.74 Å². The quantitative estimate of drug-likeness (QED) is 0.898. The number of benzene rings is 1. The first-order valence-electron chi connectivity index (χ1n) is 6.19. The van der Waals surface area contributed by atoms with Crippen molar-refractivity contribution in [1.82, 2.24) is 4.90 Å². The van der Waals surface area contributed by atoms with Gasteiger partial charge in [-0.05, 0) is 31.9 Å². The Morgan fingerprint density at radius 1 is 1.44 bits per heavy atom. The number of anilines is 1. The number of carbonyl (C=O) groups excluding carboxylic acids is 1. The molecule has 1 saturated heterocycles. The lowest BCUT2D eigenvalue weighted by Gasteiger charge is -2.16. The molecule has 4 nitrogen and oxygen atoms in total. The van der Waals surface area contributed by atoms with Crippen molar-refractivity contribution < 1.29 is 13.9 Å². The van der Waals surface area contributed by atoms with Crippen LogP contribution in [0.1, 0.15) is 19.8 Å². The summed E-state index contributed by atoms with van der Waals surface area (Å²) in [6, 6.07) is 4.27. The van der Waals surface area contributed by atoms with E-state index in [1.807, 2.05) is 0 Å². The zero-order valence-corrected chi connectivity index (χ0v) is 10.4. The maximum absolute atomic E-state index is 13.6. The van der Waals surface area contributed by atoms with Gasteiger partial charge in [-0.2, -0.15) is 0 Å². The van der Waals surface area contributed by atoms with Gasteiger partial charge in [0.2, 0.25) is 0 Å². The topological polar surface area (TPSA) is 41.6 Å². The van der Waals surface area contributed by atoms with Crippen molar-refractivity contribution >= 4 is 11.7 Å². The van der Waals surface area contributed by atoms with E-state index in [0.29, 0.717) is 12.3 Å². The molecule has 0 atom stereocenters. The van der Waals surface area contributed by atoms with E-state index < -0.39 is 5.82 Å². The number of hydrogen-bond acceptors (Lipinski definition) is 2. The molecule has 0 unspecified atom stereocenters. The van der Waals surface area contributed by atoms with Crippen LogP contribution in [0.4, 0.5) is 14.9 Å². The van der Waals surface area contributed by atoms with Crippen molar-refractivity contribution in [2.24, 2.45) is 0 Å². The second-order valence-electron chi connectivity index (χ2n) is 4.20. The first-order valence-corrected chi connectivity index (χ1v) is 6.19. The van der Waals surface area contributed by atoms with Crippen LogP contribution in [-0.4, -0.2) is 30.6 Å². The number of carbonyl (C=O) groups is 1. The van der Waals surface area contributed by atoms with Gasteiger partial charge in [0, 0.05) is 24.8 Å². The largest absolute Gasteiger partial charge is 0.491 e. The Hall–Kier alpha value is -1.78. The Balaban J connectivity index is 2.00. The molecule has 0 radical (unpaired) electrons. The highest BCUT2D eigenvalue weighted by Crippen LogP contribution is 2.21. The second kappa shape index (κ2) is 5.71. The summed E-state index contributed by atoms with van der Waals surface area (Å²) in [5.41, 5.74) is 0.452. The van der Waals surface area contributed by atoms with Crippen LogP contribution in [0.5, 0.6) is 5.75 Å². The fourth-order valence-electron chi connectivity index (χ4n) is 1.97. The smallest absolute Gasteiger partial charge is 0.321 e. The lowest BCUT2D eigenvalue weighted by atomic mass is 10.3. The number of rotatable bonds is 3. The minimum absolute atomic E-state index is 0.170. The van der Waals surface area contributed by atoms with Crippen molar-refractivity contribution in [1.29, 1.82) is 0 Å². The van der Waals surface area contributed by atoms with Gasteiger partial charge in [-0.1, -0.05) is 0 Å². The van der Waals surface area contributed by atoms with Crippen LogP contribution in [0, 0.1) is 5.82 Å². The fourth-order valence-corrected chi connectivity index (χ4v) is 1.97. The number of nitrogens with zero attached hydrogens (tertiary/aromatic N) is 1. The zero-order valence-electron chi connectivity index (χ0n) is 10.4. The molecule has 2 amide bonds. The molecule has 1 fully saturated rings. The Morgan fingerprint density at radius 3 is 2.78 bits per heavy atom. The van der Waals surface area contributed by atoms with Crippen molar-refractivity contribution in [3.05, 3.63) is 24.0 Å². The molecule has 5 heteroatoms. The van der Waals surface area contributed by atoms with Gasteiger partial charge in [0.05, 0.1) is 6.61 Å². The summed E-state index contributed by atoms with van der Waals surface area (Å²) in [4.78, 5) is 13.5. The van der Waals surface area contributed by atoms with Gasteiger partial charge in [0.15, 0.2) is 11.6 Å². The minimum atomic E-state index is -0.462. The third kappa shape index (κ3) is 2.91. The average molecular weight is 252 g/mol. The number of amides is 2. The van der Waals surface area contributed by atoms with Gasteiger partial charge in [-0.15, -0.1) is 0 Å². The van der Waals surface area contributed by atoms with E-state index in [-0.39, 0.29) is 11.8 Å². The second-order valence-corrected chi connectivity index (χ2v) is 4.20. The van der Waals surface area contributed by atoms with Crippen LogP contribution < -0.4 is 10.1 Å². The Kier molecular flexibility index (Phi) is 4.02. The van der Waals surface area contributed by atoms with Crippen LogP contribution in [0.15, 0.2) is 18.2 Å². The van der Waals surface area contributed by atoms with E-state index in [9.17, 15) is 9.18 Å². The number of ether oxygens (including phenoxy) is 1.